The first-order chi connectivity index (χ1) is 14.2. The molecule has 0 bridgehead atoms. The summed E-state index contributed by atoms with van der Waals surface area (Å²) in [4.78, 5) is 7.67. The highest BCUT2D eigenvalue weighted by Gasteiger charge is 2.29. The zero-order valence-electron chi connectivity index (χ0n) is 17.7. The van der Waals surface area contributed by atoms with Crippen LogP contribution in [0.15, 0.2) is 42.5 Å². The summed E-state index contributed by atoms with van der Waals surface area (Å²) in [5.74, 6) is 1.11. The molecule has 0 saturated carbocycles. The van der Waals surface area contributed by atoms with Crippen molar-refractivity contribution in [2.24, 2.45) is 0 Å². The molecule has 2 aromatic carbocycles. The van der Waals surface area contributed by atoms with Crippen molar-refractivity contribution < 1.29 is 9.84 Å². The average molecular weight is 396 g/mol. The van der Waals surface area contributed by atoms with Gasteiger partial charge >= 0.3 is 0 Å². The van der Waals surface area contributed by atoms with Crippen LogP contribution >= 0.6 is 0 Å². The Morgan fingerprint density at radius 2 is 1.79 bits per heavy atom. The average Bonchev–Trinajstić information content (AvgIpc) is 2.76. The van der Waals surface area contributed by atoms with Crippen LogP contribution in [-0.2, 0) is 6.54 Å². The van der Waals surface area contributed by atoms with Gasteiger partial charge in [-0.2, -0.15) is 0 Å². The number of hydrogen-bond acceptors (Lipinski definition) is 5. The van der Waals surface area contributed by atoms with Crippen LogP contribution in [0.25, 0.3) is 0 Å². The van der Waals surface area contributed by atoms with Gasteiger partial charge < -0.3 is 14.7 Å². The molecule has 5 heteroatoms. The van der Waals surface area contributed by atoms with Crippen LogP contribution in [0, 0.1) is 6.92 Å². The van der Waals surface area contributed by atoms with Gasteiger partial charge in [-0.3, -0.25) is 9.80 Å². The number of para-hydroxylation sites is 1. The first kappa shape index (κ1) is 20.0. The molecule has 2 fully saturated rings. The standard InChI is InChI=1S/C24H33N3O2/c1-19-7-3-4-9-22(19)27-15-13-26(14-16-27)20-8-6-12-25(17-20)18-21-23(28)10-5-11-24(21)29-2/h3-5,7,9-11,20,28H,6,8,12-18H2,1-2H3/t20-/m1/s1. The Balaban J connectivity index is 1.36. The van der Waals surface area contributed by atoms with Gasteiger partial charge in [0.2, 0.25) is 0 Å². The zero-order chi connectivity index (χ0) is 20.2. The van der Waals surface area contributed by atoms with Crippen molar-refractivity contribution in [2.75, 3.05) is 51.3 Å². The number of likely N-dealkylation sites (tertiary alicyclic amines) is 1. The van der Waals surface area contributed by atoms with Crippen molar-refractivity contribution in [1.82, 2.24) is 9.80 Å². The number of phenols is 1. The van der Waals surface area contributed by atoms with Crippen LogP contribution in [0.2, 0.25) is 0 Å². The third kappa shape index (κ3) is 4.51. The molecule has 2 aliphatic heterocycles. The number of nitrogens with zero attached hydrogens (tertiary/aromatic N) is 3. The number of aromatic hydroxyl groups is 1. The minimum Gasteiger partial charge on any atom is -0.507 e. The molecule has 0 amide bonds. The fraction of sp³-hybridized carbons (Fsp3) is 0.500. The van der Waals surface area contributed by atoms with E-state index in [1.54, 1.807) is 13.2 Å². The molecule has 156 valence electrons. The van der Waals surface area contributed by atoms with E-state index in [2.05, 4.69) is 45.9 Å². The number of ether oxygens (including phenoxy) is 1. The van der Waals surface area contributed by atoms with Crippen molar-refractivity contribution in [1.29, 1.82) is 0 Å². The number of piperazine rings is 1. The van der Waals surface area contributed by atoms with Crippen molar-refractivity contribution in [3.63, 3.8) is 0 Å². The number of rotatable bonds is 5. The van der Waals surface area contributed by atoms with Gasteiger partial charge in [0.1, 0.15) is 11.5 Å². The minimum atomic E-state index is 0.332. The summed E-state index contributed by atoms with van der Waals surface area (Å²) < 4.78 is 5.47. The van der Waals surface area contributed by atoms with Crippen LogP contribution in [-0.4, -0.2) is 67.3 Å². The Morgan fingerprint density at radius 1 is 1.00 bits per heavy atom. The third-order valence-corrected chi connectivity index (χ3v) is 6.48. The van der Waals surface area contributed by atoms with E-state index in [1.807, 2.05) is 12.1 Å². The van der Waals surface area contributed by atoms with E-state index < -0.39 is 0 Å². The Morgan fingerprint density at radius 3 is 2.55 bits per heavy atom. The van der Waals surface area contributed by atoms with Crippen LogP contribution in [0.3, 0.4) is 0 Å². The lowest BCUT2D eigenvalue weighted by molar-refractivity contribution is 0.0878. The third-order valence-electron chi connectivity index (χ3n) is 6.48. The molecule has 5 nitrogen and oxygen atoms in total. The molecule has 1 atom stereocenters. The highest BCUT2D eigenvalue weighted by Crippen LogP contribution is 2.30. The van der Waals surface area contributed by atoms with E-state index in [0.717, 1.165) is 57.1 Å². The molecule has 0 unspecified atom stereocenters. The van der Waals surface area contributed by atoms with Gasteiger partial charge in [-0.25, -0.2) is 0 Å². The van der Waals surface area contributed by atoms with Gasteiger partial charge in [0.25, 0.3) is 0 Å². The van der Waals surface area contributed by atoms with Gasteiger partial charge in [-0.1, -0.05) is 24.3 Å². The Labute approximate surface area is 174 Å². The predicted molar refractivity (Wildman–Crippen MR) is 118 cm³/mol. The van der Waals surface area contributed by atoms with Gasteiger partial charge in [0.15, 0.2) is 0 Å². The number of piperidine rings is 1. The molecule has 0 radical (unpaired) electrons. The van der Waals surface area contributed by atoms with Crippen LogP contribution in [0.1, 0.15) is 24.0 Å². The molecule has 0 aliphatic carbocycles. The fourth-order valence-corrected chi connectivity index (χ4v) is 4.85. The van der Waals surface area contributed by atoms with Crippen molar-refractivity contribution >= 4 is 5.69 Å². The Hall–Kier alpha value is -2.24. The summed E-state index contributed by atoms with van der Waals surface area (Å²) in [6, 6.07) is 14.8. The molecule has 2 aliphatic rings. The molecular formula is C24H33N3O2. The largest absolute Gasteiger partial charge is 0.507 e. The molecular weight excluding hydrogens is 362 g/mol. The van der Waals surface area contributed by atoms with Crippen LogP contribution < -0.4 is 9.64 Å². The first-order valence-corrected chi connectivity index (χ1v) is 10.8. The predicted octanol–water partition coefficient (Wildman–Crippen LogP) is 3.50. The normalized spacial score (nSPS) is 21.3. The lowest BCUT2D eigenvalue weighted by Gasteiger charge is -2.44. The summed E-state index contributed by atoms with van der Waals surface area (Å²) in [6.07, 6.45) is 2.47. The number of benzene rings is 2. The smallest absolute Gasteiger partial charge is 0.127 e. The number of anilines is 1. The minimum absolute atomic E-state index is 0.332. The highest BCUT2D eigenvalue weighted by atomic mass is 16.5. The van der Waals surface area contributed by atoms with E-state index in [1.165, 1.54) is 24.1 Å². The molecule has 0 spiro atoms. The van der Waals surface area contributed by atoms with Crippen molar-refractivity contribution in [3.05, 3.63) is 53.6 Å². The molecule has 29 heavy (non-hydrogen) atoms. The van der Waals surface area contributed by atoms with E-state index in [-0.39, 0.29) is 0 Å². The zero-order valence-corrected chi connectivity index (χ0v) is 17.7. The van der Waals surface area contributed by atoms with E-state index in [4.69, 9.17) is 4.74 Å². The molecule has 2 heterocycles. The monoisotopic (exact) mass is 395 g/mol. The molecule has 4 rings (SSSR count). The Kier molecular flexibility index (Phi) is 6.26. The summed E-state index contributed by atoms with van der Waals surface area (Å²) in [6.45, 7) is 9.51. The number of hydrogen-bond donors (Lipinski definition) is 1. The number of aryl methyl sites for hydroxylation is 1. The highest BCUT2D eigenvalue weighted by molar-refractivity contribution is 5.53. The van der Waals surface area contributed by atoms with Gasteiger partial charge in [-0.05, 0) is 50.1 Å². The summed E-state index contributed by atoms with van der Waals surface area (Å²) >= 11 is 0. The van der Waals surface area contributed by atoms with E-state index in [9.17, 15) is 5.11 Å². The second-order valence-electron chi connectivity index (χ2n) is 8.30. The second-order valence-corrected chi connectivity index (χ2v) is 8.30. The summed E-state index contributed by atoms with van der Waals surface area (Å²) in [7, 11) is 1.67. The van der Waals surface area contributed by atoms with E-state index in [0.29, 0.717) is 11.8 Å². The van der Waals surface area contributed by atoms with Gasteiger partial charge in [-0.15, -0.1) is 0 Å². The topological polar surface area (TPSA) is 39.2 Å². The molecule has 1 N–H and O–H groups in total. The lowest BCUT2D eigenvalue weighted by atomic mass is 10.0. The second kappa shape index (κ2) is 9.06. The molecule has 0 aromatic heterocycles. The molecule has 2 saturated heterocycles. The first-order valence-electron chi connectivity index (χ1n) is 10.8. The van der Waals surface area contributed by atoms with Gasteiger partial charge in [0, 0.05) is 56.6 Å². The SMILES string of the molecule is COc1cccc(O)c1CN1CCC[C@@H](N2CCN(c3ccccc3C)CC2)C1. The maximum atomic E-state index is 10.3. The summed E-state index contributed by atoms with van der Waals surface area (Å²) in [5, 5.41) is 10.3. The fourth-order valence-electron chi connectivity index (χ4n) is 4.85. The Bertz CT molecular complexity index is 818. The maximum absolute atomic E-state index is 10.3. The lowest BCUT2D eigenvalue weighted by Crippen LogP contribution is -2.55. The van der Waals surface area contributed by atoms with E-state index >= 15 is 0 Å². The molecule has 2 aromatic rings. The quantitative estimate of drug-likeness (QED) is 0.839. The van der Waals surface area contributed by atoms with Crippen molar-refractivity contribution in [3.8, 4) is 11.5 Å². The van der Waals surface area contributed by atoms with Crippen LogP contribution in [0.5, 0.6) is 11.5 Å². The van der Waals surface area contributed by atoms with Crippen molar-refractivity contribution in [2.45, 2.75) is 32.4 Å². The number of methoxy groups -OCH3 is 1. The number of phenolic OH excluding ortho intramolecular Hbond substituents is 1. The van der Waals surface area contributed by atoms with Gasteiger partial charge in [0.05, 0.1) is 7.11 Å². The summed E-state index contributed by atoms with van der Waals surface area (Å²) in [5.41, 5.74) is 3.64. The maximum Gasteiger partial charge on any atom is 0.127 e. The van der Waals surface area contributed by atoms with Crippen LogP contribution in [0.4, 0.5) is 5.69 Å².